The van der Waals surface area contributed by atoms with Crippen LogP contribution < -0.4 is 9.47 Å². The van der Waals surface area contributed by atoms with Crippen molar-refractivity contribution in [2.75, 3.05) is 19.7 Å². The molecule has 1 aromatic heterocycles. The second-order valence-corrected chi connectivity index (χ2v) is 9.33. The van der Waals surface area contributed by atoms with Crippen LogP contribution >= 0.6 is 0 Å². The van der Waals surface area contributed by atoms with Gasteiger partial charge >= 0.3 is 0 Å². The third kappa shape index (κ3) is 3.28. The molecule has 0 spiro atoms. The first-order valence-electron chi connectivity index (χ1n) is 11.3. The average molecular weight is 409 g/mol. The van der Waals surface area contributed by atoms with Gasteiger partial charge in [0.05, 0.1) is 12.3 Å². The fourth-order valence-electron chi connectivity index (χ4n) is 5.88. The lowest BCUT2D eigenvalue weighted by Crippen LogP contribution is -2.36. The van der Waals surface area contributed by atoms with Gasteiger partial charge in [-0.2, -0.15) is 0 Å². The SMILES string of the molecule is CCOc1cc2c(cc1CN1C[C@@H]3CC[C@@](O)(c4ncccc4C)[C@@H]3C1)OC(C)C2. The summed E-state index contributed by atoms with van der Waals surface area (Å²) < 4.78 is 12.0. The van der Waals surface area contributed by atoms with Crippen molar-refractivity contribution in [3.8, 4) is 11.5 Å². The maximum Gasteiger partial charge on any atom is 0.124 e. The number of likely N-dealkylation sites (tertiary alicyclic amines) is 1. The van der Waals surface area contributed by atoms with Gasteiger partial charge in [-0.15, -0.1) is 0 Å². The van der Waals surface area contributed by atoms with Crippen LogP contribution in [-0.4, -0.2) is 40.8 Å². The lowest BCUT2D eigenvalue weighted by Gasteiger charge is -2.31. The van der Waals surface area contributed by atoms with Gasteiger partial charge in [0.1, 0.15) is 23.2 Å². The average Bonchev–Trinajstić information content (AvgIpc) is 3.37. The molecular weight excluding hydrogens is 376 g/mol. The molecular formula is C25H32N2O3. The first-order valence-corrected chi connectivity index (χ1v) is 11.3. The lowest BCUT2D eigenvalue weighted by atomic mass is 9.83. The van der Waals surface area contributed by atoms with E-state index in [2.05, 4.69) is 41.9 Å². The first kappa shape index (κ1) is 19.8. The van der Waals surface area contributed by atoms with Crippen LogP contribution in [-0.2, 0) is 18.6 Å². The Kier molecular flexibility index (Phi) is 4.98. The minimum atomic E-state index is -0.815. The molecule has 2 aliphatic heterocycles. The molecule has 2 fully saturated rings. The maximum absolute atomic E-state index is 11.7. The normalized spacial score (nSPS) is 30.2. The van der Waals surface area contributed by atoms with Crippen LogP contribution in [0.4, 0.5) is 0 Å². The highest BCUT2D eigenvalue weighted by Crippen LogP contribution is 2.51. The fourth-order valence-corrected chi connectivity index (χ4v) is 5.88. The fraction of sp³-hybridized carbons (Fsp3) is 0.560. The van der Waals surface area contributed by atoms with Crippen molar-refractivity contribution in [1.29, 1.82) is 0 Å². The Morgan fingerprint density at radius 1 is 1.33 bits per heavy atom. The van der Waals surface area contributed by atoms with Crippen molar-refractivity contribution in [3.63, 3.8) is 0 Å². The molecule has 5 rings (SSSR count). The van der Waals surface area contributed by atoms with Gasteiger partial charge in [-0.25, -0.2) is 0 Å². The first-order chi connectivity index (χ1) is 14.5. The minimum Gasteiger partial charge on any atom is -0.494 e. The molecule has 0 radical (unpaired) electrons. The van der Waals surface area contributed by atoms with E-state index in [1.807, 2.05) is 13.0 Å². The van der Waals surface area contributed by atoms with E-state index >= 15 is 0 Å². The summed E-state index contributed by atoms with van der Waals surface area (Å²) in [6.07, 6.45) is 4.84. The number of benzene rings is 1. The van der Waals surface area contributed by atoms with Crippen LogP contribution in [0.15, 0.2) is 30.5 Å². The molecule has 3 aliphatic rings. The molecule has 1 saturated carbocycles. The second-order valence-electron chi connectivity index (χ2n) is 9.33. The Balaban J connectivity index is 1.37. The number of hydrogen-bond donors (Lipinski definition) is 1. The summed E-state index contributed by atoms with van der Waals surface area (Å²) in [6, 6.07) is 8.34. The van der Waals surface area contributed by atoms with E-state index in [1.165, 1.54) is 11.1 Å². The zero-order chi connectivity index (χ0) is 20.9. The highest BCUT2D eigenvalue weighted by Gasteiger charge is 2.53. The van der Waals surface area contributed by atoms with Gasteiger partial charge in [0, 0.05) is 49.3 Å². The van der Waals surface area contributed by atoms with Crippen LogP contribution in [0.5, 0.6) is 11.5 Å². The highest BCUT2D eigenvalue weighted by molar-refractivity contribution is 5.48. The number of rotatable bonds is 5. The number of aromatic nitrogens is 1. The molecule has 1 N–H and O–H groups in total. The smallest absolute Gasteiger partial charge is 0.124 e. The van der Waals surface area contributed by atoms with E-state index in [4.69, 9.17) is 9.47 Å². The van der Waals surface area contributed by atoms with E-state index in [0.29, 0.717) is 12.5 Å². The van der Waals surface area contributed by atoms with Crippen molar-refractivity contribution in [1.82, 2.24) is 9.88 Å². The van der Waals surface area contributed by atoms with Crippen molar-refractivity contribution in [3.05, 3.63) is 52.8 Å². The van der Waals surface area contributed by atoms with Crippen molar-refractivity contribution in [2.45, 2.75) is 58.3 Å². The molecule has 1 aliphatic carbocycles. The highest BCUT2D eigenvalue weighted by atomic mass is 16.5. The molecule has 0 bridgehead atoms. The predicted octanol–water partition coefficient (Wildman–Crippen LogP) is 3.84. The Hall–Kier alpha value is -2.11. The van der Waals surface area contributed by atoms with Crippen LogP contribution in [0.3, 0.4) is 0 Å². The molecule has 5 heteroatoms. The number of aliphatic hydroxyl groups is 1. The van der Waals surface area contributed by atoms with Gasteiger partial charge in [0.15, 0.2) is 0 Å². The summed E-state index contributed by atoms with van der Waals surface area (Å²) in [5.74, 6) is 2.72. The molecule has 1 unspecified atom stereocenters. The summed E-state index contributed by atoms with van der Waals surface area (Å²) >= 11 is 0. The Labute approximate surface area is 179 Å². The maximum atomic E-state index is 11.7. The van der Waals surface area contributed by atoms with Crippen molar-refractivity contribution < 1.29 is 14.6 Å². The van der Waals surface area contributed by atoms with E-state index in [9.17, 15) is 5.11 Å². The monoisotopic (exact) mass is 408 g/mol. The summed E-state index contributed by atoms with van der Waals surface area (Å²) in [6.45, 7) is 9.58. The standard InChI is InChI=1S/C25H32N2O3/c1-4-29-22-11-19-10-17(3)30-23(19)12-20(22)14-27-13-18-7-8-25(28,21(18)15-27)24-16(2)6-5-9-26-24/h5-6,9,11-12,17-18,21,28H,4,7-8,10,13-15H2,1-3H3/t17?,18-,21+,25-/m0/s1. The number of fused-ring (bicyclic) bond motifs is 2. The topological polar surface area (TPSA) is 54.8 Å². The van der Waals surface area contributed by atoms with Gasteiger partial charge < -0.3 is 14.6 Å². The predicted molar refractivity (Wildman–Crippen MR) is 116 cm³/mol. The quantitative estimate of drug-likeness (QED) is 0.815. The number of ether oxygens (including phenoxy) is 2. The van der Waals surface area contributed by atoms with Crippen LogP contribution in [0.1, 0.15) is 49.1 Å². The van der Waals surface area contributed by atoms with Gasteiger partial charge in [0.25, 0.3) is 0 Å². The molecule has 1 aromatic carbocycles. The molecule has 1 saturated heterocycles. The largest absolute Gasteiger partial charge is 0.494 e. The Bertz CT molecular complexity index is 946. The number of pyridine rings is 1. The zero-order valence-electron chi connectivity index (χ0n) is 18.2. The van der Waals surface area contributed by atoms with E-state index in [0.717, 1.165) is 61.7 Å². The second kappa shape index (κ2) is 7.54. The van der Waals surface area contributed by atoms with Gasteiger partial charge in [0.2, 0.25) is 0 Å². The van der Waals surface area contributed by atoms with Crippen molar-refractivity contribution in [2.24, 2.45) is 11.8 Å². The molecule has 3 heterocycles. The number of hydrogen-bond acceptors (Lipinski definition) is 5. The number of nitrogens with zero attached hydrogens (tertiary/aromatic N) is 2. The van der Waals surface area contributed by atoms with Gasteiger partial charge in [-0.3, -0.25) is 9.88 Å². The van der Waals surface area contributed by atoms with E-state index < -0.39 is 5.60 Å². The van der Waals surface area contributed by atoms with Crippen LogP contribution in [0, 0.1) is 18.8 Å². The summed E-state index contributed by atoms with van der Waals surface area (Å²) in [4.78, 5) is 7.05. The summed E-state index contributed by atoms with van der Waals surface area (Å²) in [7, 11) is 0. The number of aryl methyl sites for hydroxylation is 1. The Morgan fingerprint density at radius 3 is 3.00 bits per heavy atom. The third-order valence-corrected chi connectivity index (χ3v) is 7.22. The molecule has 4 atom stereocenters. The van der Waals surface area contributed by atoms with E-state index in [1.54, 1.807) is 6.20 Å². The lowest BCUT2D eigenvalue weighted by molar-refractivity contribution is -0.0114. The third-order valence-electron chi connectivity index (χ3n) is 7.22. The molecule has 5 nitrogen and oxygen atoms in total. The minimum absolute atomic E-state index is 0.229. The van der Waals surface area contributed by atoms with E-state index in [-0.39, 0.29) is 12.0 Å². The van der Waals surface area contributed by atoms with Crippen molar-refractivity contribution >= 4 is 0 Å². The van der Waals surface area contributed by atoms with Crippen LogP contribution in [0.25, 0.3) is 0 Å². The Morgan fingerprint density at radius 2 is 2.20 bits per heavy atom. The van der Waals surface area contributed by atoms with Gasteiger partial charge in [-0.1, -0.05) is 6.07 Å². The zero-order valence-corrected chi connectivity index (χ0v) is 18.2. The molecule has 2 aromatic rings. The summed E-state index contributed by atoms with van der Waals surface area (Å²) in [5, 5.41) is 11.7. The molecule has 0 amide bonds. The molecule has 30 heavy (non-hydrogen) atoms. The molecule has 160 valence electrons. The summed E-state index contributed by atoms with van der Waals surface area (Å²) in [5.41, 5.74) is 3.57. The van der Waals surface area contributed by atoms with Crippen LogP contribution in [0.2, 0.25) is 0 Å². The van der Waals surface area contributed by atoms with Gasteiger partial charge in [-0.05, 0) is 63.3 Å².